The molecule has 0 aliphatic carbocycles. The van der Waals surface area contributed by atoms with Crippen LogP contribution in [0.5, 0.6) is 5.75 Å². The number of esters is 1. The van der Waals surface area contributed by atoms with Crippen molar-refractivity contribution < 1.29 is 14.3 Å². The molecule has 0 bridgehead atoms. The van der Waals surface area contributed by atoms with E-state index in [1.165, 1.54) is 6.21 Å². The molecule has 1 N–H and O–H groups in total. The Morgan fingerprint density at radius 1 is 1.00 bits per heavy atom. The fourth-order valence-electron chi connectivity index (χ4n) is 3.02. The van der Waals surface area contributed by atoms with E-state index in [9.17, 15) is 9.59 Å². The third kappa shape index (κ3) is 5.92. The molecular formula is C26H25BrN2O3. The van der Waals surface area contributed by atoms with Gasteiger partial charge in [0, 0.05) is 15.6 Å². The van der Waals surface area contributed by atoms with Crippen molar-refractivity contribution in [3.05, 3.63) is 99.0 Å². The van der Waals surface area contributed by atoms with Gasteiger partial charge in [0.2, 0.25) is 0 Å². The number of ether oxygens (including phenoxy) is 1. The number of benzene rings is 3. The van der Waals surface area contributed by atoms with E-state index in [1.54, 1.807) is 42.5 Å². The molecule has 3 aromatic rings. The Morgan fingerprint density at radius 3 is 2.34 bits per heavy atom. The first-order chi connectivity index (χ1) is 15.1. The van der Waals surface area contributed by atoms with Crippen molar-refractivity contribution in [3.8, 4) is 5.75 Å². The first-order valence-corrected chi connectivity index (χ1v) is 11.0. The molecule has 0 saturated carbocycles. The monoisotopic (exact) mass is 492 g/mol. The summed E-state index contributed by atoms with van der Waals surface area (Å²) in [7, 11) is 0. The molecule has 0 fully saturated rings. The van der Waals surface area contributed by atoms with Gasteiger partial charge in [0.25, 0.3) is 5.91 Å². The Morgan fingerprint density at radius 2 is 1.69 bits per heavy atom. The average molecular weight is 493 g/mol. The number of nitrogens with zero attached hydrogens (tertiary/aromatic N) is 1. The van der Waals surface area contributed by atoms with Crippen molar-refractivity contribution in [2.45, 2.75) is 33.1 Å². The highest BCUT2D eigenvalue weighted by molar-refractivity contribution is 9.10. The summed E-state index contributed by atoms with van der Waals surface area (Å²) in [6, 6.07) is 19.9. The van der Waals surface area contributed by atoms with Crippen molar-refractivity contribution in [1.82, 2.24) is 5.43 Å². The summed E-state index contributed by atoms with van der Waals surface area (Å²) in [5, 5.41) is 4.05. The molecule has 0 unspecified atom stereocenters. The fourth-order valence-corrected chi connectivity index (χ4v) is 3.40. The lowest BCUT2D eigenvalue weighted by Crippen LogP contribution is -2.18. The second-order valence-electron chi connectivity index (χ2n) is 8.41. The molecule has 0 aliphatic heterocycles. The third-order valence-electron chi connectivity index (χ3n) is 4.92. The summed E-state index contributed by atoms with van der Waals surface area (Å²) >= 11 is 3.41. The van der Waals surface area contributed by atoms with E-state index in [4.69, 9.17) is 4.74 Å². The predicted octanol–water partition coefficient (Wildman–Crippen LogP) is 6.04. The smallest absolute Gasteiger partial charge is 0.343 e. The van der Waals surface area contributed by atoms with Crippen LogP contribution in [0, 0.1) is 6.92 Å². The van der Waals surface area contributed by atoms with E-state index in [2.05, 4.69) is 47.2 Å². The molecule has 5 nitrogen and oxygen atoms in total. The molecule has 32 heavy (non-hydrogen) atoms. The molecule has 3 aromatic carbocycles. The minimum Gasteiger partial charge on any atom is -0.422 e. The number of amides is 1. The number of hydrogen-bond acceptors (Lipinski definition) is 4. The average Bonchev–Trinajstić information content (AvgIpc) is 2.75. The number of carbonyl (C=O) groups excluding carboxylic acids is 2. The zero-order chi connectivity index (χ0) is 23.3. The van der Waals surface area contributed by atoms with Gasteiger partial charge in [0.15, 0.2) is 0 Å². The van der Waals surface area contributed by atoms with Crippen molar-refractivity contribution in [1.29, 1.82) is 0 Å². The number of nitrogens with one attached hydrogen (secondary N) is 1. The Kier molecular flexibility index (Phi) is 7.26. The molecule has 0 atom stereocenters. The molecule has 164 valence electrons. The highest BCUT2D eigenvalue weighted by Gasteiger charge is 2.15. The summed E-state index contributed by atoms with van der Waals surface area (Å²) < 4.78 is 6.38. The summed E-state index contributed by atoms with van der Waals surface area (Å²) in [5.41, 5.74) is 6.06. The van der Waals surface area contributed by atoms with Gasteiger partial charge >= 0.3 is 5.97 Å². The largest absolute Gasteiger partial charge is 0.422 e. The topological polar surface area (TPSA) is 67.8 Å². The Balaban J connectivity index is 1.73. The number of carbonyl (C=O) groups is 2. The molecule has 0 radical (unpaired) electrons. The summed E-state index contributed by atoms with van der Waals surface area (Å²) in [4.78, 5) is 25.0. The SMILES string of the molecule is Cc1ccccc1C(=O)Oc1ccc(Br)cc1/C=N\NC(=O)c1ccc(C(C)(C)C)cc1. The minimum absolute atomic E-state index is 0.0139. The van der Waals surface area contributed by atoms with Gasteiger partial charge in [-0.1, -0.05) is 67.0 Å². The van der Waals surface area contributed by atoms with Crippen LogP contribution >= 0.6 is 15.9 Å². The van der Waals surface area contributed by atoms with E-state index in [-0.39, 0.29) is 11.3 Å². The summed E-state index contributed by atoms with van der Waals surface area (Å²) in [6.45, 7) is 8.21. The van der Waals surface area contributed by atoms with Gasteiger partial charge in [0.1, 0.15) is 5.75 Å². The van der Waals surface area contributed by atoms with Gasteiger partial charge in [-0.25, -0.2) is 10.2 Å². The quantitative estimate of drug-likeness (QED) is 0.204. The Bertz CT molecular complexity index is 1160. The minimum atomic E-state index is -0.456. The number of aryl methyl sites for hydroxylation is 1. The zero-order valence-electron chi connectivity index (χ0n) is 18.5. The maximum absolute atomic E-state index is 12.6. The normalized spacial score (nSPS) is 11.4. The Labute approximate surface area is 196 Å². The highest BCUT2D eigenvalue weighted by atomic mass is 79.9. The summed E-state index contributed by atoms with van der Waals surface area (Å²) in [5.74, 6) is -0.438. The number of halogens is 1. The van der Waals surface area contributed by atoms with Gasteiger partial charge < -0.3 is 4.74 Å². The van der Waals surface area contributed by atoms with E-state index < -0.39 is 5.97 Å². The second kappa shape index (κ2) is 9.92. The fraction of sp³-hybridized carbons (Fsp3) is 0.192. The number of rotatable bonds is 5. The van der Waals surface area contributed by atoms with Crippen LogP contribution < -0.4 is 10.2 Å². The van der Waals surface area contributed by atoms with Crippen LogP contribution in [0.4, 0.5) is 0 Å². The van der Waals surface area contributed by atoms with Crippen LogP contribution in [0.3, 0.4) is 0 Å². The van der Waals surface area contributed by atoms with Crippen LogP contribution in [0.2, 0.25) is 0 Å². The lowest BCUT2D eigenvalue weighted by molar-refractivity contribution is 0.0733. The standard InChI is InChI=1S/C26H25BrN2O3/c1-17-7-5-6-8-22(17)25(31)32-23-14-13-21(27)15-19(23)16-28-29-24(30)18-9-11-20(12-10-18)26(2,3)4/h5-16H,1-4H3,(H,29,30)/b28-16-. The van der Waals surface area contributed by atoms with E-state index in [1.807, 2.05) is 31.2 Å². The van der Waals surface area contributed by atoms with Crippen molar-refractivity contribution in [2.75, 3.05) is 0 Å². The predicted molar refractivity (Wildman–Crippen MR) is 130 cm³/mol. The molecule has 0 aromatic heterocycles. The summed E-state index contributed by atoms with van der Waals surface area (Å²) in [6.07, 6.45) is 1.45. The van der Waals surface area contributed by atoms with Crippen LogP contribution in [0.15, 0.2) is 76.3 Å². The lowest BCUT2D eigenvalue weighted by Gasteiger charge is -2.18. The van der Waals surface area contributed by atoms with Crippen LogP contribution in [-0.4, -0.2) is 18.1 Å². The second-order valence-corrected chi connectivity index (χ2v) is 9.33. The molecular weight excluding hydrogens is 468 g/mol. The van der Waals surface area contributed by atoms with Crippen molar-refractivity contribution in [3.63, 3.8) is 0 Å². The number of hydrogen-bond donors (Lipinski definition) is 1. The van der Waals surface area contributed by atoms with Crippen LogP contribution in [0.1, 0.15) is 58.2 Å². The maximum Gasteiger partial charge on any atom is 0.343 e. The molecule has 3 rings (SSSR count). The first kappa shape index (κ1) is 23.4. The Hall–Kier alpha value is -3.25. The molecule has 0 aliphatic rings. The molecule has 1 amide bonds. The molecule has 0 spiro atoms. The highest BCUT2D eigenvalue weighted by Crippen LogP contribution is 2.24. The first-order valence-electron chi connectivity index (χ1n) is 10.2. The van der Waals surface area contributed by atoms with Crippen LogP contribution in [0.25, 0.3) is 0 Å². The zero-order valence-corrected chi connectivity index (χ0v) is 20.1. The lowest BCUT2D eigenvalue weighted by atomic mass is 9.87. The van der Waals surface area contributed by atoms with Gasteiger partial charge in [-0.05, 0) is 59.9 Å². The van der Waals surface area contributed by atoms with Crippen molar-refractivity contribution in [2.24, 2.45) is 5.10 Å². The van der Waals surface area contributed by atoms with Crippen molar-refractivity contribution >= 4 is 34.0 Å². The number of hydrazone groups is 1. The van der Waals surface area contributed by atoms with E-state index in [0.29, 0.717) is 22.4 Å². The van der Waals surface area contributed by atoms with E-state index in [0.717, 1.165) is 15.6 Å². The van der Waals surface area contributed by atoms with Crippen LogP contribution in [-0.2, 0) is 5.41 Å². The molecule has 0 saturated heterocycles. The van der Waals surface area contributed by atoms with Gasteiger partial charge in [-0.3, -0.25) is 4.79 Å². The molecule has 6 heteroatoms. The molecule has 0 heterocycles. The van der Waals surface area contributed by atoms with Gasteiger partial charge in [-0.2, -0.15) is 5.10 Å². The van der Waals surface area contributed by atoms with Gasteiger partial charge in [-0.15, -0.1) is 0 Å². The van der Waals surface area contributed by atoms with E-state index >= 15 is 0 Å². The maximum atomic E-state index is 12.6. The third-order valence-corrected chi connectivity index (χ3v) is 5.42. The van der Waals surface area contributed by atoms with Gasteiger partial charge in [0.05, 0.1) is 11.8 Å².